The number of nitrogens with zero attached hydrogens (tertiary/aromatic N) is 1. The molecule has 1 aliphatic heterocycles. The van der Waals surface area contributed by atoms with Crippen molar-refractivity contribution in [3.05, 3.63) is 29.3 Å². The van der Waals surface area contributed by atoms with Crippen LogP contribution in [0, 0.1) is 6.92 Å². The maximum Gasteiger partial charge on any atom is 0.152 e. The predicted molar refractivity (Wildman–Crippen MR) is 51.9 cm³/mol. The zero-order chi connectivity index (χ0) is 8.55. The maximum absolute atomic E-state index is 5.96. The molecule has 3 heteroatoms. The Morgan fingerprint density at radius 1 is 1.50 bits per heavy atom. The van der Waals surface area contributed by atoms with Crippen LogP contribution in [0.5, 0.6) is 0 Å². The number of aliphatic imine (C=N–C) groups is 1. The SMILES string of the molecule is Cc1ccc2c(c1)NC=NC2Cl. The molecule has 0 radical (unpaired) electrons. The van der Waals surface area contributed by atoms with Crippen molar-refractivity contribution in [2.24, 2.45) is 4.99 Å². The van der Waals surface area contributed by atoms with Crippen molar-refractivity contribution in [1.82, 2.24) is 0 Å². The molecule has 0 bridgehead atoms. The highest BCUT2D eigenvalue weighted by Gasteiger charge is 2.13. The predicted octanol–water partition coefficient (Wildman–Crippen LogP) is 2.69. The van der Waals surface area contributed by atoms with Crippen molar-refractivity contribution in [3.63, 3.8) is 0 Å². The number of hydrogen-bond acceptors (Lipinski definition) is 2. The lowest BCUT2D eigenvalue weighted by Gasteiger charge is -2.16. The molecule has 1 aromatic rings. The Balaban J connectivity index is 2.51. The topological polar surface area (TPSA) is 24.4 Å². The van der Waals surface area contributed by atoms with Gasteiger partial charge in [-0.25, -0.2) is 0 Å². The minimum Gasteiger partial charge on any atom is -0.346 e. The highest BCUT2D eigenvalue weighted by atomic mass is 35.5. The van der Waals surface area contributed by atoms with E-state index in [-0.39, 0.29) is 5.50 Å². The molecular weight excluding hydrogens is 172 g/mol. The molecule has 0 saturated carbocycles. The Labute approximate surface area is 76.3 Å². The van der Waals surface area contributed by atoms with Gasteiger partial charge in [0, 0.05) is 11.3 Å². The Hall–Kier alpha value is -1.02. The third-order valence-electron chi connectivity index (χ3n) is 1.89. The monoisotopic (exact) mass is 180 g/mol. The zero-order valence-corrected chi connectivity index (χ0v) is 7.47. The minimum atomic E-state index is -0.234. The van der Waals surface area contributed by atoms with Crippen LogP contribution < -0.4 is 5.32 Å². The number of nitrogens with one attached hydrogen (secondary N) is 1. The van der Waals surface area contributed by atoms with Crippen molar-refractivity contribution in [2.45, 2.75) is 12.4 Å². The molecule has 1 atom stereocenters. The molecule has 2 rings (SSSR count). The summed E-state index contributed by atoms with van der Waals surface area (Å²) in [6.45, 7) is 2.05. The smallest absolute Gasteiger partial charge is 0.152 e. The van der Waals surface area contributed by atoms with Crippen LogP contribution >= 0.6 is 11.6 Å². The first-order chi connectivity index (χ1) is 5.77. The lowest BCUT2D eigenvalue weighted by molar-refractivity contribution is 1.01. The van der Waals surface area contributed by atoms with Gasteiger partial charge in [0.2, 0.25) is 0 Å². The average molecular weight is 181 g/mol. The van der Waals surface area contributed by atoms with Crippen LogP contribution in [0.25, 0.3) is 0 Å². The van der Waals surface area contributed by atoms with Crippen LogP contribution in [0.1, 0.15) is 16.6 Å². The van der Waals surface area contributed by atoms with Gasteiger partial charge in [-0.1, -0.05) is 23.7 Å². The summed E-state index contributed by atoms with van der Waals surface area (Å²) in [7, 11) is 0. The molecule has 1 N–H and O–H groups in total. The van der Waals surface area contributed by atoms with Crippen LogP contribution in [0.4, 0.5) is 5.69 Å². The summed E-state index contributed by atoms with van der Waals surface area (Å²) >= 11 is 5.96. The highest BCUT2D eigenvalue weighted by molar-refractivity contribution is 6.22. The second-order valence-corrected chi connectivity index (χ2v) is 3.26. The van der Waals surface area contributed by atoms with E-state index in [1.807, 2.05) is 12.1 Å². The summed E-state index contributed by atoms with van der Waals surface area (Å²) in [5.41, 5.74) is 3.09. The van der Waals surface area contributed by atoms with Crippen LogP contribution in [0.15, 0.2) is 23.2 Å². The normalized spacial score (nSPS) is 20.0. The number of alkyl halides is 1. The van der Waals surface area contributed by atoms with E-state index < -0.39 is 0 Å². The number of hydrogen-bond donors (Lipinski definition) is 1. The van der Waals surface area contributed by atoms with E-state index in [0.717, 1.165) is 11.3 Å². The van der Waals surface area contributed by atoms with Crippen molar-refractivity contribution < 1.29 is 0 Å². The summed E-state index contributed by atoms with van der Waals surface area (Å²) in [6.07, 6.45) is 1.64. The van der Waals surface area contributed by atoms with Crippen molar-refractivity contribution in [1.29, 1.82) is 0 Å². The Morgan fingerprint density at radius 3 is 3.17 bits per heavy atom. The van der Waals surface area contributed by atoms with Gasteiger partial charge in [0.05, 0.1) is 6.34 Å². The van der Waals surface area contributed by atoms with Crippen LogP contribution in [-0.4, -0.2) is 6.34 Å². The van der Waals surface area contributed by atoms with E-state index in [4.69, 9.17) is 11.6 Å². The molecular formula is C9H9ClN2. The van der Waals surface area contributed by atoms with Gasteiger partial charge in [-0.3, -0.25) is 4.99 Å². The molecule has 1 heterocycles. The minimum absolute atomic E-state index is 0.234. The molecule has 0 aliphatic carbocycles. The Kier molecular flexibility index (Phi) is 1.77. The first-order valence-electron chi connectivity index (χ1n) is 3.80. The molecule has 0 aromatic heterocycles. The fraction of sp³-hybridized carbons (Fsp3) is 0.222. The van der Waals surface area contributed by atoms with E-state index >= 15 is 0 Å². The second kappa shape index (κ2) is 2.79. The number of benzene rings is 1. The van der Waals surface area contributed by atoms with Gasteiger partial charge in [-0.05, 0) is 18.6 Å². The standard InChI is InChI=1S/C9H9ClN2/c1-6-2-3-7-8(4-6)11-5-12-9(7)10/h2-5,9H,1H3,(H,11,12). The first kappa shape index (κ1) is 7.62. The molecule has 1 aromatic carbocycles. The van der Waals surface area contributed by atoms with Crippen molar-refractivity contribution in [3.8, 4) is 0 Å². The van der Waals surface area contributed by atoms with E-state index in [9.17, 15) is 0 Å². The second-order valence-electron chi connectivity index (χ2n) is 2.85. The summed E-state index contributed by atoms with van der Waals surface area (Å²) in [6, 6.07) is 6.11. The molecule has 62 valence electrons. The molecule has 12 heavy (non-hydrogen) atoms. The summed E-state index contributed by atoms with van der Waals surface area (Å²) in [5.74, 6) is 0. The molecule has 0 amide bonds. The lowest BCUT2D eigenvalue weighted by atomic mass is 10.1. The first-order valence-corrected chi connectivity index (χ1v) is 4.24. The molecule has 0 fully saturated rings. The van der Waals surface area contributed by atoms with Crippen molar-refractivity contribution >= 4 is 23.6 Å². The van der Waals surface area contributed by atoms with Gasteiger partial charge < -0.3 is 5.32 Å². The van der Waals surface area contributed by atoms with Crippen LogP contribution in [0.3, 0.4) is 0 Å². The van der Waals surface area contributed by atoms with Crippen LogP contribution in [0.2, 0.25) is 0 Å². The van der Waals surface area contributed by atoms with Gasteiger partial charge in [-0.2, -0.15) is 0 Å². The van der Waals surface area contributed by atoms with Gasteiger partial charge in [0.1, 0.15) is 0 Å². The Bertz CT molecular complexity index is 333. The van der Waals surface area contributed by atoms with Gasteiger partial charge in [0.15, 0.2) is 5.50 Å². The largest absolute Gasteiger partial charge is 0.346 e. The fourth-order valence-electron chi connectivity index (χ4n) is 1.26. The maximum atomic E-state index is 5.96. The number of aryl methyl sites for hydroxylation is 1. The third kappa shape index (κ3) is 1.18. The molecule has 1 aliphatic rings. The third-order valence-corrected chi connectivity index (χ3v) is 2.24. The molecule has 2 nitrogen and oxygen atoms in total. The van der Waals surface area contributed by atoms with E-state index in [1.165, 1.54) is 5.56 Å². The fourth-order valence-corrected chi connectivity index (χ4v) is 1.50. The molecule has 1 unspecified atom stereocenters. The lowest BCUT2D eigenvalue weighted by Crippen LogP contribution is -2.06. The van der Waals surface area contributed by atoms with Crippen LogP contribution in [-0.2, 0) is 0 Å². The number of rotatable bonds is 0. The summed E-state index contributed by atoms with van der Waals surface area (Å²) in [5, 5.41) is 3.06. The van der Waals surface area contributed by atoms with Gasteiger partial charge >= 0.3 is 0 Å². The highest BCUT2D eigenvalue weighted by Crippen LogP contribution is 2.31. The molecule has 0 spiro atoms. The molecule has 0 saturated heterocycles. The zero-order valence-electron chi connectivity index (χ0n) is 6.71. The Morgan fingerprint density at radius 2 is 2.33 bits per heavy atom. The number of anilines is 1. The van der Waals surface area contributed by atoms with E-state index in [0.29, 0.717) is 0 Å². The van der Waals surface area contributed by atoms with Crippen molar-refractivity contribution in [2.75, 3.05) is 5.32 Å². The van der Waals surface area contributed by atoms with E-state index in [2.05, 4.69) is 23.3 Å². The average Bonchev–Trinajstić information content (AvgIpc) is 2.04. The van der Waals surface area contributed by atoms with Gasteiger partial charge in [-0.15, -0.1) is 0 Å². The number of halogens is 1. The summed E-state index contributed by atoms with van der Waals surface area (Å²) < 4.78 is 0. The van der Waals surface area contributed by atoms with E-state index in [1.54, 1.807) is 6.34 Å². The quantitative estimate of drug-likeness (QED) is 0.482. The van der Waals surface area contributed by atoms with Gasteiger partial charge in [0.25, 0.3) is 0 Å². The number of fused-ring (bicyclic) bond motifs is 1. The summed E-state index contributed by atoms with van der Waals surface area (Å²) in [4.78, 5) is 4.03.